The van der Waals surface area contributed by atoms with E-state index in [1.165, 1.54) is 0 Å². The number of halogens is 1. The number of rotatable bonds is 6. The van der Waals surface area contributed by atoms with Crippen LogP contribution >= 0.6 is 11.6 Å². The van der Waals surface area contributed by atoms with E-state index in [2.05, 4.69) is 10.6 Å². The molecule has 3 rings (SSSR count). The second-order valence-electron chi connectivity index (χ2n) is 6.66. The molecule has 0 atom stereocenters. The molecule has 0 spiro atoms. The highest BCUT2D eigenvalue weighted by Crippen LogP contribution is 2.22. The zero-order chi connectivity index (χ0) is 20.8. The van der Waals surface area contributed by atoms with Gasteiger partial charge in [0.05, 0.1) is 11.7 Å². The Morgan fingerprint density at radius 3 is 2.21 bits per heavy atom. The van der Waals surface area contributed by atoms with Crippen LogP contribution in [0.2, 0.25) is 5.02 Å². The fourth-order valence-electron chi connectivity index (χ4n) is 2.72. The number of amides is 2. The zero-order valence-electron chi connectivity index (χ0n) is 16.1. The number of nitrogens with one attached hydrogen (secondary N) is 2. The van der Waals surface area contributed by atoms with E-state index < -0.39 is 0 Å². The lowest BCUT2D eigenvalue weighted by Gasteiger charge is -2.14. The largest absolute Gasteiger partial charge is 0.490 e. The molecule has 5 nitrogen and oxygen atoms in total. The Morgan fingerprint density at radius 1 is 0.828 bits per heavy atom. The molecule has 0 heterocycles. The molecule has 3 aromatic carbocycles. The van der Waals surface area contributed by atoms with Gasteiger partial charge in [0.1, 0.15) is 5.75 Å². The molecule has 0 unspecified atom stereocenters. The van der Waals surface area contributed by atoms with Crippen LogP contribution in [0.15, 0.2) is 72.8 Å². The lowest BCUT2D eigenvalue weighted by atomic mass is 10.1. The molecule has 3 aromatic rings. The lowest BCUT2D eigenvalue weighted by Crippen LogP contribution is -2.16. The van der Waals surface area contributed by atoms with Crippen molar-refractivity contribution < 1.29 is 14.3 Å². The number of para-hydroxylation sites is 1. The summed E-state index contributed by atoms with van der Waals surface area (Å²) >= 11 is 5.95. The third-order valence-corrected chi connectivity index (χ3v) is 4.19. The quantitative estimate of drug-likeness (QED) is 0.555. The zero-order valence-corrected chi connectivity index (χ0v) is 16.9. The minimum absolute atomic E-state index is 0.0533. The Hall–Kier alpha value is -3.31. The van der Waals surface area contributed by atoms with Crippen molar-refractivity contribution in [2.45, 2.75) is 20.0 Å². The fourth-order valence-corrected chi connectivity index (χ4v) is 2.91. The third-order valence-electron chi connectivity index (χ3n) is 3.96. The summed E-state index contributed by atoms with van der Waals surface area (Å²) in [4.78, 5) is 25.2. The first-order chi connectivity index (χ1) is 13.9. The molecule has 0 aliphatic rings. The predicted octanol–water partition coefficient (Wildman–Crippen LogP) is 5.63. The first-order valence-corrected chi connectivity index (χ1v) is 9.54. The minimum atomic E-state index is -0.311. The van der Waals surface area contributed by atoms with Crippen LogP contribution in [-0.2, 0) is 0 Å². The third kappa shape index (κ3) is 5.59. The first kappa shape index (κ1) is 20.4. The predicted molar refractivity (Wildman–Crippen MR) is 116 cm³/mol. The van der Waals surface area contributed by atoms with Gasteiger partial charge in [0, 0.05) is 22.0 Å². The Morgan fingerprint density at radius 2 is 1.48 bits per heavy atom. The van der Waals surface area contributed by atoms with Gasteiger partial charge in [0.2, 0.25) is 0 Å². The Balaban J connectivity index is 1.75. The number of hydrogen-bond donors (Lipinski definition) is 2. The summed E-state index contributed by atoms with van der Waals surface area (Å²) in [6, 6.07) is 20.7. The number of benzene rings is 3. The van der Waals surface area contributed by atoms with Gasteiger partial charge in [-0.15, -0.1) is 0 Å². The maximum Gasteiger partial charge on any atom is 0.259 e. The summed E-state index contributed by atoms with van der Waals surface area (Å²) in [6.07, 6.45) is -0.0533. The van der Waals surface area contributed by atoms with Crippen molar-refractivity contribution in [2.75, 3.05) is 10.6 Å². The first-order valence-electron chi connectivity index (χ1n) is 9.16. The van der Waals surface area contributed by atoms with E-state index in [1.807, 2.05) is 19.9 Å². The van der Waals surface area contributed by atoms with Gasteiger partial charge in [-0.25, -0.2) is 0 Å². The highest BCUT2D eigenvalue weighted by atomic mass is 35.5. The highest BCUT2D eigenvalue weighted by molar-refractivity contribution is 6.31. The summed E-state index contributed by atoms with van der Waals surface area (Å²) in [5.74, 6) is -0.101. The summed E-state index contributed by atoms with van der Waals surface area (Å²) < 4.78 is 5.71. The maximum atomic E-state index is 12.7. The second kappa shape index (κ2) is 9.26. The summed E-state index contributed by atoms with van der Waals surface area (Å²) in [7, 11) is 0. The molecule has 0 radical (unpaired) electrons. The molecule has 0 aliphatic carbocycles. The van der Waals surface area contributed by atoms with E-state index in [0.29, 0.717) is 33.3 Å². The van der Waals surface area contributed by atoms with Crippen LogP contribution in [0.5, 0.6) is 5.75 Å². The summed E-state index contributed by atoms with van der Waals surface area (Å²) in [5.41, 5.74) is 1.94. The van der Waals surface area contributed by atoms with Crippen molar-refractivity contribution in [1.82, 2.24) is 0 Å². The van der Waals surface area contributed by atoms with Gasteiger partial charge >= 0.3 is 0 Å². The molecule has 6 heteroatoms. The van der Waals surface area contributed by atoms with E-state index in [-0.39, 0.29) is 17.9 Å². The number of anilines is 2. The highest BCUT2D eigenvalue weighted by Gasteiger charge is 2.14. The normalized spacial score (nSPS) is 10.5. The van der Waals surface area contributed by atoms with E-state index >= 15 is 0 Å². The standard InChI is InChI=1S/C23H21ClN2O3/c1-15(2)29-21-12-4-3-11-20(21)23(28)26-18-9-5-7-16(13-18)22(27)25-19-10-6-8-17(24)14-19/h3-15H,1-2H3,(H,25,27)(H,26,28). The lowest BCUT2D eigenvalue weighted by molar-refractivity contribution is 0.101. The van der Waals surface area contributed by atoms with Gasteiger partial charge in [0.15, 0.2) is 0 Å². The number of hydrogen-bond acceptors (Lipinski definition) is 3. The molecule has 2 amide bonds. The van der Waals surface area contributed by atoms with E-state index in [1.54, 1.807) is 66.7 Å². The van der Waals surface area contributed by atoms with Crippen LogP contribution < -0.4 is 15.4 Å². The van der Waals surface area contributed by atoms with Crippen molar-refractivity contribution in [1.29, 1.82) is 0 Å². The molecular formula is C23H21ClN2O3. The van der Waals surface area contributed by atoms with Crippen molar-refractivity contribution in [2.24, 2.45) is 0 Å². The number of ether oxygens (including phenoxy) is 1. The van der Waals surface area contributed by atoms with Gasteiger partial charge < -0.3 is 15.4 Å². The van der Waals surface area contributed by atoms with Crippen LogP contribution in [0.25, 0.3) is 0 Å². The van der Waals surface area contributed by atoms with Gasteiger partial charge in [-0.3, -0.25) is 9.59 Å². The van der Waals surface area contributed by atoms with Crippen LogP contribution in [0.3, 0.4) is 0 Å². The van der Waals surface area contributed by atoms with E-state index in [4.69, 9.17) is 16.3 Å². The second-order valence-corrected chi connectivity index (χ2v) is 7.10. The molecule has 29 heavy (non-hydrogen) atoms. The van der Waals surface area contributed by atoms with Crippen molar-refractivity contribution in [3.05, 3.63) is 88.9 Å². The molecule has 2 N–H and O–H groups in total. The van der Waals surface area contributed by atoms with Crippen LogP contribution in [-0.4, -0.2) is 17.9 Å². The molecule has 0 aromatic heterocycles. The average Bonchev–Trinajstić information content (AvgIpc) is 2.68. The van der Waals surface area contributed by atoms with Gasteiger partial charge in [-0.1, -0.05) is 35.9 Å². The SMILES string of the molecule is CC(C)Oc1ccccc1C(=O)Nc1cccc(C(=O)Nc2cccc(Cl)c2)c1. The molecule has 0 bridgehead atoms. The molecule has 0 saturated heterocycles. The Labute approximate surface area is 174 Å². The fraction of sp³-hybridized carbons (Fsp3) is 0.130. The Bertz CT molecular complexity index is 1030. The van der Waals surface area contributed by atoms with Crippen LogP contribution in [0, 0.1) is 0 Å². The van der Waals surface area contributed by atoms with Crippen LogP contribution in [0.1, 0.15) is 34.6 Å². The van der Waals surface area contributed by atoms with E-state index in [0.717, 1.165) is 0 Å². The molecule has 148 valence electrons. The topological polar surface area (TPSA) is 67.4 Å². The Kier molecular flexibility index (Phi) is 6.52. The van der Waals surface area contributed by atoms with E-state index in [9.17, 15) is 9.59 Å². The number of carbonyl (C=O) groups excluding carboxylic acids is 2. The van der Waals surface area contributed by atoms with Crippen molar-refractivity contribution in [3.63, 3.8) is 0 Å². The van der Waals surface area contributed by atoms with Crippen molar-refractivity contribution in [3.8, 4) is 5.75 Å². The summed E-state index contributed by atoms with van der Waals surface area (Å²) in [5, 5.41) is 6.14. The smallest absolute Gasteiger partial charge is 0.259 e. The van der Waals surface area contributed by atoms with Crippen LogP contribution in [0.4, 0.5) is 11.4 Å². The monoisotopic (exact) mass is 408 g/mol. The van der Waals surface area contributed by atoms with Gasteiger partial charge in [-0.05, 0) is 62.4 Å². The number of carbonyl (C=O) groups is 2. The van der Waals surface area contributed by atoms with Crippen molar-refractivity contribution >= 4 is 34.8 Å². The van der Waals surface area contributed by atoms with Gasteiger partial charge in [0.25, 0.3) is 11.8 Å². The molecular weight excluding hydrogens is 388 g/mol. The van der Waals surface area contributed by atoms with Gasteiger partial charge in [-0.2, -0.15) is 0 Å². The minimum Gasteiger partial charge on any atom is -0.490 e. The maximum absolute atomic E-state index is 12.7. The molecule has 0 saturated carbocycles. The summed E-state index contributed by atoms with van der Waals surface area (Å²) in [6.45, 7) is 3.80. The molecule has 0 fully saturated rings. The average molecular weight is 409 g/mol. The molecule has 0 aliphatic heterocycles.